The van der Waals surface area contributed by atoms with E-state index < -0.39 is 0 Å². The molecule has 1 fully saturated rings. The number of anilines is 1. The smallest absolute Gasteiger partial charge is 0.193 e. The summed E-state index contributed by atoms with van der Waals surface area (Å²) in [6.45, 7) is 7.48. The van der Waals surface area contributed by atoms with Crippen molar-refractivity contribution in [2.75, 3.05) is 11.9 Å². The lowest BCUT2D eigenvalue weighted by molar-refractivity contribution is 0.399. The first-order chi connectivity index (χ1) is 8.99. The molecule has 1 saturated carbocycles. The van der Waals surface area contributed by atoms with Crippen molar-refractivity contribution in [1.29, 1.82) is 0 Å². The molecule has 1 aromatic rings. The van der Waals surface area contributed by atoms with Crippen LogP contribution in [0.25, 0.3) is 0 Å². The van der Waals surface area contributed by atoms with E-state index in [9.17, 15) is 0 Å². The Morgan fingerprint density at radius 1 is 1.30 bits per heavy atom. The van der Waals surface area contributed by atoms with E-state index in [1.165, 1.54) is 24.8 Å². The van der Waals surface area contributed by atoms with Gasteiger partial charge in [-0.3, -0.25) is 4.99 Å². The Bertz CT molecular complexity index is 447. The molecule has 3 nitrogen and oxygen atoms in total. The molecule has 0 radical (unpaired) electrons. The van der Waals surface area contributed by atoms with Gasteiger partial charge in [0.15, 0.2) is 5.96 Å². The highest BCUT2D eigenvalue weighted by Gasteiger charge is 2.42. The quantitative estimate of drug-likeness (QED) is 0.453. The van der Waals surface area contributed by atoms with Gasteiger partial charge in [0.1, 0.15) is 0 Å². The van der Waals surface area contributed by atoms with Crippen LogP contribution in [0.1, 0.15) is 38.7 Å². The van der Waals surface area contributed by atoms with Crippen molar-refractivity contribution < 1.29 is 0 Å². The van der Waals surface area contributed by atoms with Gasteiger partial charge in [0, 0.05) is 12.2 Å². The van der Waals surface area contributed by atoms with Gasteiger partial charge in [0.2, 0.25) is 0 Å². The van der Waals surface area contributed by atoms with E-state index in [0.717, 1.165) is 18.2 Å². The van der Waals surface area contributed by atoms with Gasteiger partial charge < -0.3 is 11.1 Å². The number of halogens is 1. The van der Waals surface area contributed by atoms with Crippen LogP contribution < -0.4 is 11.1 Å². The Balaban J connectivity index is 0.00000200. The van der Waals surface area contributed by atoms with Gasteiger partial charge in [-0.15, -0.1) is 24.0 Å². The van der Waals surface area contributed by atoms with E-state index in [0.29, 0.717) is 11.4 Å². The molecule has 0 unspecified atom stereocenters. The van der Waals surface area contributed by atoms with Crippen molar-refractivity contribution >= 4 is 35.6 Å². The molecule has 0 aliphatic heterocycles. The zero-order valence-electron chi connectivity index (χ0n) is 12.6. The zero-order chi connectivity index (χ0) is 13.9. The second-order valence-electron chi connectivity index (χ2n) is 6.29. The molecule has 1 aliphatic carbocycles. The van der Waals surface area contributed by atoms with E-state index in [1.54, 1.807) is 0 Å². The van der Waals surface area contributed by atoms with Gasteiger partial charge >= 0.3 is 0 Å². The van der Waals surface area contributed by atoms with Gasteiger partial charge in [-0.05, 0) is 49.7 Å². The van der Waals surface area contributed by atoms with Gasteiger partial charge in [-0.25, -0.2) is 0 Å². The molecule has 1 aromatic carbocycles. The third-order valence-electron chi connectivity index (χ3n) is 3.71. The summed E-state index contributed by atoms with van der Waals surface area (Å²) >= 11 is 0. The molecule has 0 saturated heterocycles. The topological polar surface area (TPSA) is 50.4 Å². The first kappa shape index (κ1) is 17.3. The Hall–Kier alpha value is -0.780. The molecule has 4 heteroatoms. The Kier molecular flexibility index (Phi) is 6.30. The van der Waals surface area contributed by atoms with Gasteiger partial charge in [-0.1, -0.05) is 31.5 Å². The van der Waals surface area contributed by atoms with Gasteiger partial charge in [0.25, 0.3) is 0 Å². The summed E-state index contributed by atoms with van der Waals surface area (Å²) < 4.78 is 0. The zero-order valence-corrected chi connectivity index (χ0v) is 15.0. The van der Waals surface area contributed by atoms with Crippen LogP contribution in [-0.2, 0) is 0 Å². The summed E-state index contributed by atoms with van der Waals surface area (Å²) in [6.07, 6.45) is 3.85. The fourth-order valence-corrected chi connectivity index (χ4v) is 2.55. The number of nitrogens with two attached hydrogens (primary N) is 1. The molecular weight excluding hydrogens is 361 g/mol. The number of hydrogen-bond donors (Lipinski definition) is 2. The monoisotopic (exact) mass is 387 g/mol. The van der Waals surface area contributed by atoms with Crippen LogP contribution in [0.5, 0.6) is 0 Å². The average Bonchev–Trinajstić information content (AvgIpc) is 3.09. The number of hydrogen-bond acceptors (Lipinski definition) is 1. The lowest BCUT2D eigenvalue weighted by atomic mass is 9.94. The van der Waals surface area contributed by atoms with Crippen LogP contribution in [0.4, 0.5) is 5.69 Å². The van der Waals surface area contributed by atoms with Crippen LogP contribution in [0.15, 0.2) is 29.3 Å². The fourth-order valence-electron chi connectivity index (χ4n) is 2.55. The molecule has 0 bridgehead atoms. The van der Waals surface area contributed by atoms with Crippen molar-refractivity contribution in [3.63, 3.8) is 0 Å². The molecule has 2 rings (SSSR count). The van der Waals surface area contributed by atoms with Gasteiger partial charge in [0.05, 0.1) is 0 Å². The third kappa shape index (κ3) is 5.31. The third-order valence-corrected chi connectivity index (χ3v) is 3.71. The highest BCUT2D eigenvalue weighted by molar-refractivity contribution is 14.0. The normalized spacial score (nSPS) is 16.7. The van der Waals surface area contributed by atoms with Crippen LogP contribution in [0, 0.1) is 18.3 Å². The minimum atomic E-state index is 0. The number of nitrogens with zero attached hydrogens (tertiary/aromatic N) is 1. The molecule has 0 aromatic heterocycles. The second-order valence-corrected chi connectivity index (χ2v) is 6.29. The van der Waals surface area contributed by atoms with Crippen molar-refractivity contribution in [3.05, 3.63) is 29.8 Å². The number of aryl methyl sites for hydroxylation is 1. The van der Waals surface area contributed by atoms with Crippen molar-refractivity contribution in [2.24, 2.45) is 22.1 Å². The number of aliphatic imine (C=N–C) groups is 1. The van der Waals surface area contributed by atoms with E-state index >= 15 is 0 Å². The summed E-state index contributed by atoms with van der Waals surface area (Å²) in [6, 6.07) is 8.19. The van der Waals surface area contributed by atoms with E-state index in [4.69, 9.17) is 5.73 Å². The first-order valence-electron chi connectivity index (χ1n) is 7.13. The number of rotatable bonds is 5. The summed E-state index contributed by atoms with van der Waals surface area (Å²) in [5.41, 5.74) is 8.63. The van der Waals surface area contributed by atoms with Crippen LogP contribution in [-0.4, -0.2) is 12.5 Å². The molecule has 3 N–H and O–H groups in total. The molecule has 0 spiro atoms. The van der Waals surface area contributed by atoms with Crippen molar-refractivity contribution in [1.82, 2.24) is 0 Å². The van der Waals surface area contributed by atoms with E-state index in [2.05, 4.69) is 43.2 Å². The van der Waals surface area contributed by atoms with Crippen LogP contribution >= 0.6 is 24.0 Å². The molecule has 20 heavy (non-hydrogen) atoms. The lowest BCUT2D eigenvalue weighted by Gasteiger charge is -2.15. The van der Waals surface area contributed by atoms with Gasteiger partial charge in [-0.2, -0.15) is 0 Å². The van der Waals surface area contributed by atoms with Crippen molar-refractivity contribution in [3.8, 4) is 0 Å². The largest absolute Gasteiger partial charge is 0.370 e. The maximum absolute atomic E-state index is 5.95. The standard InChI is InChI=1S/C16H25N3.HI/c1-12(2)10-16(8-9-16)11-18-15(17)19-14-6-4-13(3)5-7-14;/h4-7,12H,8-11H2,1-3H3,(H3,17,18,19);1H. The Morgan fingerprint density at radius 2 is 1.90 bits per heavy atom. The minimum Gasteiger partial charge on any atom is -0.370 e. The fraction of sp³-hybridized carbons (Fsp3) is 0.562. The number of benzene rings is 1. The molecule has 0 atom stereocenters. The molecule has 112 valence electrons. The Morgan fingerprint density at radius 3 is 2.40 bits per heavy atom. The maximum atomic E-state index is 5.95. The second kappa shape index (κ2) is 7.29. The predicted molar refractivity (Wildman–Crippen MR) is 97.8 cm³/mol. The van der Waals surface area contributed by atoms with E-state index in [1.807, 2.05) is 12.1 Å². The maximum Gasteiger partial charge on any atom is 0.193 e. The summed E-state index contributed by atoms with van der Waals surface area (Å²) in [4.78, 5) is 4.51. The molecular formula is C16H26IN3. The SMILES string of the molecule is Cc1ccc(NC(N)=NCC2(CC(C)C)CC2)cc1.I. The summed E-state index contributed by atoms with van der Waals surface area (Å²) in [5, 5.41) is 3.15. The molecule has 0 amide bonds. The molecule has 1 aliphatic rings. The first-order valence-corrected chi connectivity index (χ1v) is 7.13. The van der Waals surface area contributed by atoms with E-state index in [-0.39, 0.29) is 24.0 Å². The van der Waals surface area contributed by atoms with Crippen LogP contribution in [0.2, 0.25) is 0 Å². The number of nitrogens with one attached hydrogen (secondary N) is 1. The highest BCUT2D eigenvalue weighted by atomic mass is 127. The van der Waals surface area contributed by atoms with Crippen LogP contribution in [0.3, 0.4) is 0 Å². The highest BCUT2D eigenvalue weighted by Crippen LogP contribution is 2.50. The Labute approximate surface area is 139 Å². The lowest BCUT2D eigenvalue weighted by Crippen LogP contribution is -2.24. The van der Waals surface area contributed by atoms with Crippen molar-refractivity contribution in [2.45, 2.75) is 40.0 Å². The minimum absolute atomic E-state index is 0. The molecule has 0 heterocycles. The predicted octanol–water partition coefficient (Wildman–Crippen LogP) is 4.17. The summed E-state index contributed by atoms with van der Waals surface area (Å²) in [5.74, 6) is 1.27. The summed E-state index contributed by atoms with van der Waals surface area (Å²) in [7, 11) is 0. The number of guanidine groups is 1. The average molecular weight is 387 g/mol.